The van der Waals surface area contributed by atoms with E-state index in [1.165, 1.54) is 45.1 Å². The van der Waals surface area contributed by atoms with Gasteiger partial charge in [-0.15, -0.1) is 0 Å². The summed E-state index contributed by atoms with van der Waals surface area (Å²) >= 11 is 0. The van der Waals surface area contributed by atoms with E-state index >= 15 is 0 Å². The van der Waals surface area contributed by atoms with E-state index in [9.17, 15) is 4.39 Å². The Morgan fingerprint density at radius 1 is 1.12 bits per heavy atom. The van der Waals surface area contributed by atoms with Gasteiger partial charge in [-0.25, -0.2) is 4.39 Å². The minimum Gasteiger partial charge on any atom is -0.496 e. The third-order valence-electron chi connectivity index (χ3n) is 6.06. The van der Waals surface area contributed by atoms with Crippen molar-refractivity contribution in [1.82, 2.24) is 14.7 Å². The molecule has 1 atom stereocenters. The average molecular weight is 349 g/mol. The molecule has 2 heterocycles. The quantitative estimate of drug-likeness (QED) is 0.813. The second-order valence-electron chi connectivity index (χ2n) is 7.65. The maximum Gasteiger partial charge on any atom is 0.123 e. The van der Waals surface area contributed by atoms with Crippen molar-refractivity contribution in [3.8, 4) is 5.75 Å². The Balaban J connectivity index is 1.51. The number of nitrogens with zero attached hydrogens (tertiary/aromatic N) is 3. The summed E-state index contributed by atoms with van der Waals surface area (Å²) in [5, 5.41) is 0. The van der Waals surface area contributed by atoms with Gasteiger partial charge in [0.2, 0.25) is 0 Å². The van der Waals surface area contributed by atoms with Gasteiger partial charge in [0.25, 0.3) is 0 Å². The first-order valence-electron chi connectivity index (χ1n) is 9.54. The zero-order valence-electron chi connectivity index (χ0n) is 15.9. The van der Waals surface area contributed by atoms with Crippen LogP contribution in [0.25, 0.3) is 0 Å². The van der Waals surface area contributed by atoms with Crippen molar-refractivity contribution in [2.45, 2.75) is 32.4 Å². The molecule has 25 heavy (non-hydrogen) atoms. The molecule has 3 rings (SSSR count). The molecule has 2 fully saturated rings. The molecular formula is C20H32FN3O. The lowest BCUT2D eigenvalue weighted by molar-refractivity contribution is 0.0596. The summed E-state index contributed by atoms with van der Waals surface area (Å²) in [6, 6.07) is 5.47. The Labute approximate surface area is 151 Å². The maximum atomic E-state index is 13.6. The minimum atomic E-state index is -0.186. The molecule has 0 spiro atoms. The molecule has 0 N–H and O–H groups in total. The van der Waals surface area contributed by atoms with Gasteiger partial charge in [0.15, 0.2) is 0 Å². The number of piperazine rings is 1. The SMILES string of the molecule is COc1ccc(F)cc1CN1CCC([C@H](C)N2CCN(C)CC2)CC1. The van der Waals surface area contributed by atoms with Crippen LogP contribution in [-0.2, 0) is 6.54 Å². The van der Waals surface area contributed by atoms with Crippen molar-refractivity contribution < 1.29 is 9.13 Å². The molecule has 0 amide bonds. The molecule has 0 unspecified atom stereocenters. The summed E-state index contributed by atoms with van der Waals surface area (Å²) < 4.78 is 18.9. The van der Waals surface area contributed by atoms with Crippen molar-refractivity contribution in [3.63, 3.8) is 0 Å². The number of likely N-dealkylation sites (N-methyl/N-ethyl adjacent to an activating group) is 1. The molecule has 0 bridgehead atoms. The molecule has 2 aliphatic heterocycles. The monoisotopic (exact) mass is 349 g/mol. The molecule has 140 valence electrons. The van der Waals surface area contributed by atoms with Crippen LogP contribution in [-0.4, -0.2) is 74.2 Å². The lowest BCUT2D eigenvalue weighted by atomic mass is 9.89. The molecular weight excluding hydrogens is 317 g/mol. The molecule has 0 aliphatic carbocycles. The Hall–Kier alpha value is -1.17. The summed E-state index contributed by atoms with van der Waals surface area (Å²) in [5.74, 6) is 1.37. The largest absolute Gasteiger partial charge is 0.496 e. The second kappa shape index (κ2) is 8.47. The van der Waals surface area contributed by atoms with Crippen LogP contribution in [0.3, 0.4) is 0 Å². The lowest BCUT2D eigenvalue weighted by Gasteiger charge is -2.42. The van der Waals surface area contributed by atoms with Gasteiger partial charge >= 0.3 is 0 Å². The van der Waals surface area contributed by atoms with E-state index < -0.39 is 0 Å². The summed E-state index contributed by atoms with van der Waals surface area (Å²) in [7, 11) is 3.86. The average Bonchev–Trinajstić information content (AvgIpc) is 2.63. The fourth-order valence-corrected chi connectivity index (χ4v) is 4.23. The number of hydrogen-bond donors (Lipinski definition) is 0. The molecule has 0 radical (unpaired) electrons. The van der Waals surface area contributed by atoms with Crippen LogP contribution in [0.1, 0.15) is 25.3 Å². The topological polar surface area (TPSA) is 19.0 Å². The van der Waals surface area contributed by atoms with Crippen molar-refractivity contribution in [3.05, 3.63) is 29.6 Å². The number of methoxy groups -OCH3 is 1. The van der Waals surface area contributed by atoms with E-state index in [1.54, 1.807) is 19.2 Å². The van der Waals surface area contributed by atoms with Gasteiger partial charge in [-0.05, 0) is 64.0 Å². The Morgan fingerprint density at radius 3 is 2.44 bits per heavy atom. The Morgan fingerprint density at radius 2 is 1.80 bits per heavy atom. The molecule has 0 aromatic heterocycles. The minimum absolute atomic E-state index is 0.186. The van der Waals surface area contributed by atoms with Crippen LogP contribution < -0.4 is 4.74 Å². The third-order valence-corrected chi connectivity index (χ3v) is 6.06. The van der Waals surface area contributed by atoms with Crippen LogP contribution in [0.2, 0.25) is 0 Å². The summed E-state index contributed by atoms with van der Waals surface area (Å²) in [5.41, 5.74) is 0.952. The highest BCUT2D eigenvalue weighted by Crippen LogP contribution is 2.27. The van der Waals surface area contributed by atoms with Gasteiger partial charge in [0, 0.05) is 44.3 Å². The number of benzene rings is 1. The predicted octanol–water partition coefficient (Wildman–Crippen LogP) is 2.68. The molecule has 1 aromatic rings. The molecule has 4 nitrogen and oxygen atoms in total. The van der Waals surface area contributed by atoms with Gasteiger partial charge in [-0.1, -0.05) is 0 Å². The normalized spacial score (nSPS) is 22.9. The molecule has 2 saturated heterocycles. The zero-order chi connectivity index (χ0) is 17.8. The molecule has 5 heteroatoms. The van der Waals surface area contributed by atoms with Crippen LogP contribution in [0.5, 0.6) is 5.75 Å². The van der Waals surface area contributed by atoms with E-state index in [0.29, 0.717) is 6.04 Å². The van der Waals surface area contributed by atoms with E-state index in [1.807, 2.05) is 0 Å². The number of rotatable bonds is 5. The van der Waals surface area contributed by atoms with Crippen LogP contribution in [0, 0.1) is 11.7 Å². The first kappa shape index (κ1) is 18.6. The lowest BCUT2D eigenvalue weighted by Crippen LogP contribution is -2.51. The van der Waals surface area contributed by atoms with Gasteiger partial charge in [-0.3, -0.25) is 9.80 Å². The molecule has 0 saturated carbocycles. The molecule has 1 aromatic carbocycles. The highest BCUT2D eigenvalue weighted by Gasteiger charge is 2.29. The van der Waals surface area contributed by atoms with Crippen molar-refractivity contribution >= 4 is 0 Å². The zero-order valence-corrected chi connectivity index (χ0v) is 15.9. The van der Waals surface area contributed by atoms with Gasteiger partial charge in [0.1, 0.15) is 11.6 Å². The first-order chi connectivity index (χ1) is 12.1. The predicted molar refractivity (Wildman–Crippen MR) is 99.5 cm³/mol. The second-order valence-corrected chi connectivity index (χ2v) is 7.65. The van der Waals surface area contributed by atoms with Gasteiger partial charge in [-0.2, -0.15) is 0 Å². The maximum absolute atomic E-state index is 13.6. The third kappa shape index (κ3) is 4.72. The number of ether oxygens (including phenoxy) is 1. The van der Waals surface area contributed by atoms with Crippen molar-refractivity contribution in [1.29, 1.82) is 0 Å². The number of halogens is 1. The van der Waals surface area contributed by atoms with E-state index in [2.05, 4.69) is 28.7 Å². The summed E-state index contributed by atoms with van der Waals surface area (Å²) in [4.78, 5) is 7.51. The van der Waals surface area contributed by atoms with Crippen molar-refractivity contribution in [2.75, 3.05) is 53.4 Å². The van der Waals surface area contributed by atoms with Crippen LogP contribution >= 0.6 is 0 Å². The number of likely N-dealkylation sites (tertiary alicyclic amines) is 1. The van der Waals surface area contributed by atoms with Gasteiger partial charge < -0.3 is 9.64 Å². The van der Waals surface area contributed by atoms with E-state index in [0.717, 1.165) is 36.9 Å². The number of hydrogen-bond acceptors (Lipinski definition) is 4. The highest BCUT2D eigenvalue weighted by molar-refractivity contribution is 5.33. The summed E-state index contributed by atoms with van der Waals surface area (Å²) in [6.45, 7) is 10.1. The fourth-order valence-electron chi connectivity index (χ4n) is 4.23. The van der Waals surface area contributed by atoms with Crippen LogP contribution in [0.4, 0.5) is 4.39 Å². The summed E-state index contributed by atoms with van der Waals surface area (Å²) in [6.07, 6.45) is 2.45. The fraction of sp³-hybridized carbons (Fsp3) is 0.700. The van der Waals surface area contributed by atoms with Crippen molar-refractivity contribution in [2.24, 2.45) is 5.92 Å². The molecule has 2 aliphatic rings. The van der Waals surface area contributed by atoms with E-state index in [4.69, 9.17) is 4.74 Å². The highest BCUT2D eigenvalue weighted by atomic mass is 19.1. The Bertz CT molecular complexity index is 552. The number of piperidine rings is 1. The smallest absolute Gasteiger partial charge is 0.123 e. The standard InChI is InChI=1S/C20H32FN3O/c1-16(24-12-10-22(2)11-13-24)17-6-8-23(9-7-17)15-18-14-19(21)4-5-20(18)25-3/h4-5,14,16-17H,6-13,15H2,1-3H3/t16-/m0/s1. The Kier molecular flexibility index (Phi) is 6.31. The van der Waals surface area contributed by atoms with Crippen LogP contribution in [0.15, 0.2) is 18.2 Å². The first-order valence-corrected chi connectivity index (χ1v) is 9.54. The van der Waals surface area contributed by atoms with Gasteiger partial charge in [0.05, 0.1) is 7.11 Å². The van der Waals surface area contributed by atoms with E-state index in [-0.39, 0.29) is 5.82 Å².